The van der Waals surface area contributed by atoms with Gasteiger partial charge >= 0.3 is 0 Å². The van der Waals surface area contributed by atoms with Gasteiger partial charge in [0.2, 0.25) is 9.70 Å². The maximum absolute atomic E-state index is 13.4. The highest BCUT2D eigenvalue weighted by Gasteiger charge is 2.36. The molecule has 0 fully saturated rings. The number of carbonyl (C=O) groups excluding carboxylic acids is 1. The Bertz CT molecular complexity index is 1010. The summed E-state index contributed by atoms with van der Waals surface area (Å²) in [6.45, 7) is 0. The number of rotatable bonds is 6. The van der Waals surface area contributed by atoms with E-state index in [0.29, 0.717) is 0 Å². The molecule has 0 aliphatic heterocycles. The largest absolute Gasteiger partial charge is 0.339 e. The third kappa shape index (κ3) is 7.09. The molecule has 3 N–H and O–H groups in total. The maximum atomic E-state index is 13.4. The summed E-state index contributed by atoms with van der Waals surface area (Å²) in [5.41, 5.74) is 2.37. The number of alkyl halides is 3. The van der Waals surface area contributed by atoms with Gasteiger partial charge < -0.3 is 16.0 Å². The van der Waals surface area contributed by atoms with Gasteiger partial charge in [-0.15, -0.1) is 0 Å². The van der Waals surface area contributed by atoms with Crippen LogP contribution in [0.2, 0.25) is 0 Å². The molecule has 0 heterocycles. The normalized spacial score (nSPS) is 12.2. The van der Waals surface area contributed by atoms with Crippen LogP contribution in [0.3, 0.4) is 0 Å². The molecule has 0 aromatic heterocycles. The standard InChI is InChI=1S/C23H19BrCl3N3OS/c24-17-11-13-18(14-12-17)28-22(32)30-21(23(25,26)27)29-20(31)19(15-7-3-1-4-8-15)16-9-5-2-6-10-16/h1-14,19,21H,(H,29,31)(H2,28,30,32)/t21-/m1/s1. The van der Waals surface area contributed by atoms with Gasteiger partial charge in [-0.1, -0.05) is 111 Å². The van der Waals surface area contributed by atoms with E-state index in [0.717, 1.165) is 21.3 Å². The van der Waals surface area contributed by atoms with Crippen molar-refractivity contribution in [2.24, 2.45) is 0 Å². The fourth-order valence-corrected chi connectivity index (χ4v) is 3.87. The molecule has 0 aliphatic carbocycles. The lowest BCUT2D eigenvalue weighted by Crippen LogP contribution is -2.57. The Balaban J connectivity index is 1.79. The second-order valence-electron chi connectivity index (χ2n) is 6.84. The van der Waals surface area contributed by atoms with E-state index in [1.54, 1.807) is 0 Å². The van der Waals surface area contributed by atoms with Crippen molar-refractivity contribution >= 4 is 79.7 Å². The molecule has 9 heteroatoms. The molecule has 0 saturated heterocycles. The molecule has 32 heavy (non-hydrogen) atoms. The first-order valence-corrected chi connectivity index (χ1v) is 11.9. The second-order valence-corrected chi connectivity index (χ2v) is 10.5. The van der Waals surface area contributed by atoms with Gasteiger partial charge in [-0.2, -0.15) is 0 Å². The lowest BCUT2D eigenvalue weighted by molar-refractivity contribution is -0.122. The Hall–Kier alpha value is -1.83. The van der Waals surface area contributed by atoms with Crippen molar-refractivity contribution in [3.63, 3.8) is 0 Å². The van der Waals surface area contributed by atoms with Crippen LogP contribution in [-0.4, -0.2) is 21.0 Å². The van der Waals surface area contributed by atoms with Gasteiger partial charge in [-0.25, -0.2) is 0 Å². The molecule has 0 bridgehead atoms. The number of nitrogens with one attached hydrogen (secondary N) is 3. The summed E-state index contributed by atoms with van der Waals surface area (Å²) in [4.78, 5) is 13.4. The topological polar surface area (TPSA) is 53.2 Å². The Labute approximate surface area is 215 Å². The lowest BCUT2D eigenvalue weighted by Gasteiger charge is -2.29. The molecule has 0 saturated carbocycles. The fraction of sp³-hybridized carbons (Fsp3) is 0.130. The van der Waals surface area contributed by atoms with E-state index in [2.05, 4.69) is 31.9 Å². The summed E-state index contributed by atoms with van der Waals surface area (Å²) in [5, 5.41) is 8.89. The molecule has 0 unspecified atom stereocenters. The van der Waals surface area contributed by atoms with Gasteiger partial charge in [-0.3, -0.25) is 4.79 Å². The van der Waals surface area contributed by atoms with Crippen LogP contribution in [0, 0.1) is 0 Å². The van der Waals surface area contributed by atoms with Crippen LogP contribution in [-0.2, 0) is 4.79 Å². The van der Waals surface area contributed by atoms with Crippen LogP contribution in [0.5, 0.6) is 0 Å². The van der Waals surface area contributed by atoms with E-state index in [-0.39, 0.29) is 11.0 Å². The summed E-state index contributed by atoms with van der Waals surface area (Å²) in [6.07, 6.45) is -1.08. The molecule has 1 atom stereocenters. The van der Waals surface area contributed by atoms with Crippen molar-refractivity contribution in [3.05, 3.63) is 101 Å². The fourth-order valence-electron chi connectivity index (χ4n) is 3.04. The van der Waals surface area contributed by atoms with Gasteiger partial charge in [0, 0.05) is 10.2 Å². The zero-order valence-corrected chi connectivity index (χ0v) is 21.2. The van der Waals surface area contributed by atoms with Crippen LogP contribution in [0.1, 0.15) is 17.0 Å². The van der Waals surface area contributed by atoms with Crippen LogP contribution >= 0.6 is 63.0 Å². The number of benzene rings is 3. The molecule has 166 valence electrons. The summed E-state index contributed by atoms with van der Waals surface area (Å²) in [7, 11) is 0. The van der Waals surface area contributed by atoms with Crippen molar-refractivity contribution in [2.75, 3.05) is 5.32 Å². The smallest absolute Gasteiger partial charge is 0.233 e. The van der Waals surface area contributed by atoms with E-state index in [9.17, 15) is 4.79 Å². The number of hydrogen-bond donors (Lipinski definition) is 3. The molecular formula is C23H19BrCl3N3OS. The predicted molar refractivity (Wildman–Crippen MR) is 140 cm³/mol. The number of thiocarbonyl (C=S) groups is 1. The average molecular weight is 572 g/mol. The molecule has 0 aliphatic rings. The summed E-state index contributed by atoms with van der Waals surface area (Å²) in [5.74, 6) is -0.931. The number of anilines is 1. The van der Waals surface area contributed by atoms with Crippen LogP contribution in [0.25, 0.3) is 0 Å². The molecule has 4 nitrogen and oxygen atoms in total. The Kier molecular flexibility index (Phi) is 8.79. The molecular weight excluding hydrogens is 553 g/mol. The minimum atomic E-state index is -1.86. The van der Waals surface area contributed by atoms with Crippen LogP contribution < -0.4 is 16.0 Å². The Morgan fingerprint density at radius 1 is 0.812 bits per heavy atom. The quantitative estimate of drug-likeness (QED) is 0.183. The van der Waals surface area contributed by atoms with Gasteiger partial charge in [-0.05, 0) is 47.6 Å². The third-order valence-corrected chi connectivity index (χ3v) is 5.92. The third-order valence-electron chi connectivity index (χ3n) is 4.52. The van der Waals surface area contributed by atoms with E-state index in [1.165, 1.54) is 0 Å². The van der Waals surface area contributed by atoms with Crippen molar-refractivity contribution in [2.45, 2.75) is 15.9 Å². The van der Waals surface area contributed by atoms with Crippen LogP contribution in [0.4, 0.5) is 5.69 Å². The molecule has 0 spiro atoms. The Morgan fingerprint density at radius 2 is 1.31 bits per heavy atom. The zero-order valence-electron chi connectivity index (χ0n) is 16.6. The molecule has 3 aromatic rings. The molecule has 0 radical (unpaired) electrons. The van der Waals surface area contributed by atoms with Crippen molar-refractivity contribution in [1.82, 2.24) is 10.6 Å². The molecule has 3 aromatic carbocycles. The van der Waals surface area contributed by atoms with Crippen molar-refractivity contribution < 1.29 is 4.79 Å². The second kappa shape index (κ2) is 11.3. The number of halogens is 4. The summed E-state index contributed by atoms with van der Waals surface area (Å²) < 4.78 is -0.930. The predicted octanol–water partition coefficient (Wildman–Crippen LogP) is 6.38. The van der Waals surface area contributed by atoms with Crippen molar-refractivity contribution in [3.8, 4) is 0 Å². The number of amides is 1. The van der Waals surface area contributed by atoms with E-state index < -0.39 is 15.9 Å². The highest BCUT2D eigenvalue weighted by molar-refractivity contribution is 9.10. The van der Waals surface area contributed by atoms with E-state index in [1.807, 2.05) is 84.9 Å². The van der Waals surface area contributed by atoms with Gasteiger partial charge in [0.15, 0.2) is 5.11 Å². The highest BCUT2D eigenvalue weighted by Crippen LogP contribution is 2.31. The van der Waals surface area contributed by atoms with Gasteiger partial charge in [0.1, 0.15) is 6.17 Å². The first kappa shape index (κ1) is 24.8. The first-order chi connectivity index (χ1) is 15.2. The van der Waals surface area contributed by atoms with Crippen LogP contribution in [0.15, 0.2) is 89.4 Å². The van der Waals surface area contributed by atoms with Gasteiger partial charge in [0.05, 0.1) is 5.92 Å². The number of hydrogen-bond acceptors (Lipinski definition) is 2. The van der Waals surface area contributed by atoms with E-state index >= 15 is 0 Å². The minimum absolute atomic E-state index is 0.194. The van der Waals surface area contributed by atoms with Crippen molar-refractivity contribution in [1.29, 1.82) is 0 Å². The monoisotopic (exact) mass is 569 g/mol. The highest BCUT2D eigenvalue weighted by atomic mass is 79.9. The zero-order chi connectivity index (χ0) is 23.1. The van der Waals surface area contributed by atoms with Gasteiger partial charge in [0.25, 0.3) is 0 Å². The average Bonchev–Trinajstić information content (AvgIpc) is 2.76. The minimum Gasteiger partial charge on any atom is -0.339 e. The molecule has 1 amide bonds. The maximum Gasteiger partial charge on any atom is 0.233 e. The SMILES string of the molecule is O=C(N[C@H](NC(=S)Nc1ccc(Br)cc1)C(Cl)(Cl)Cl)C(c1ccccc1)c1ccccc1. The molecule has 3 rings (SSSR count). The summed E-state index contributed by atoms with van der Waals surface area (Å²) >= 11 is 27.2. The van der Waals surface area contributed by atoms with E-state index in [4.69, 9.17) is 47.0 Å². The lowest BCUT2D eigenvalue weighted by atomic mass is 9.90. The Morgan fingerprint density at radius 3 is 1.78 bits per heavy atom. The first-order valence-electron chi connectivity index (χ1n) is 9.54. The summed E-state index contributed by atoms with van der Waals surface area (Å²) in [6, 6.07) is 26.2. The number of carbonyl (C=O) groups is 1.